The van der Waals surface area contributed by atoms with Crippen molar-refractivity contribution in [1.82, 2.24) is 24.8 Å². The van der Waals surface area contributed by atoms with Gasteiger partial charge < -0.3 is 14.3 Å². The van der Waals surface area contributed by atoms with Crippen LogP contribution in [0.25, 0.3) is 10.2 Å². The van der Waals surface area contributed by atoms with Gasteiger partial charge in [-0.1, -0.05) is 6.07 Å². The highest BCUT2D eigenvalue weighted by molar-refractivity contribution is 7.18. The Morgan fingerprint density at radius 1 is 1.50 bits per heavy atom. The van der Waals surface area contributed by atoms with Crippen LogP contribution in [0.1, 0.15) is 34.4 Å². The minimum Gasteiger partial charge on any atom is -0.438 e. The lowest BCUT2D eigenvalue weighted by molar-refractivity contribution is 0.0658. The number of hydrogen-bond acceptors (Lipinski definition) is 6. The van der Waals surface area contributed by atoms with E-state index in [0.717, 1.165) is 5.69 Å². The molecule has 1 N–H and O–H groups in total. The number of fused-ring (bicyclic) bond motifs is 2. The number of aromatic amines is 1. The van der Waals surface area contributed by atoms with Crippen LogP contribution in [0.5, 0.6) is 0 Å². The second kappa shape index (κ2) is 5.73. The van der Waals surface area contributed by atoms with Crippen molar-refractivity contribution in [3.05, 3.63) is 65.1 Å². The standard InChI is InChI=1S/C17H12FN5O2S/c18-9-2-1-3-12-13(9)22-16(26-12)15-14-10(20-7-21-14)4-5-23(15)17(24)11-6-19-8-25-11/h1-3,6-8,15H,4-5H2,(H,20,21)/t15-/m0/s1/i7D. The zero-order valence-corrected chi connectivity index (χ0v) is 14.1. The minimum atomic E-state index is -0.626. The molecule has 1 aliphatic heterocycles. The van der Waals surface area contributed by atoms with E-state index in [1.165, 1.54) is 30.0 Å². The highest BCUT2D eigenvalue weighted by atomic mass is 32.1. The molecule has 7 nitrogen and oxygen atoms in total. The molecule has 0 aliphatic carbocycles. The van der Waals surface area contributed by atoms with Gasteiger partial charge in [0.2, 0.25) is 5.76 Å². The third kappa shape index (κ3) is 2.24. The van der Waals surface area contributed by atoms with Crippen molar-refractivity contribution < 1.29 is 15.0 Å². The summed E-state index contributed by atoms with van der Waals surface area (Å²) in [6, 6.07) is 4.14. The third-order valence-electron chi connectivity index (χ3n) is 4.39. The Labute approximate surface area is 151 Å². The number of imidazole rings is 1. The van der Waals surface area contributed by atoms with Crippen molar-refractivity contribution in [3.8, 4) is 0 Å². The van der Waals surface area contributed by atoms with Gasteiger partial charge in [-0.3, -0.25) is 4.79 Å². The molecule has 0 bridgehead atoms. The van der Waals surface area contributed by atoms with Gasteiger partial charge in [-0.25, -0.2) is 19.3 Å². The van der Waals surface area contributed by atoms with E-state index in [4.69, 9.17) is 5.79 Å². The molecule has 5 rings (SSSR count). The molecule has 1 atom stereocenters. The van der Waals surface area contributed by atoms with E-state index in [1.807, 2.05) is 0 Å². The first-order valence-corrected chi connectivity index (χ1v) is 8.73. The number of carbonyl (C=O) groups excluding carboxylic acids is 1. The molecule has 1 aromatic carbocycles. The fourth-order valence-electron chi connectivity index (χ4n) is 3.19. The van der Waals surface area contributed by atoms with Gasteiger partial charge in [0, 0.05) is 18.7 Å². The molecule has 0 radical (unpaired) electrons. The zero-order chi connectivity index (χ0) is 18.5. The van der Waals surface area contributed by atoms with Crippen molar-refractivity contribution >= 4 is 27.5 Å². The fraction of sp³-hybridized carbons (Fsp3) is 0.176. The van der Waals surface area contributed by atoms with E-state index in [-0.39, 0.29) is 23.5 Å². The van der Waals surface area contributed by atoms with Crippen LogP contribution in [0.2, 0.25) is 0 Å². The van der Waals surface area contributed by atoms with E-state index >= 15 is 0 Å². The average Bonchev–Trinajstić information content (AvgIpc) is 3.39. The number of benzene rings is 1. The quantitative estimate of drug-likeness (QED) is 0.586. The number of nitrogens with zero attached hydrogens (tertiary/aromatic N) is 4. The van der Waals surface area contributed by atoms with Gasteiger partial charge in [0.15, 0.2) is 6.39 Å². The number of amides is 1. The van der Waals surface area contributed by atoms with Crippen LogP contribution in [-0.4, -0.2) is 37.3 Å². The first kappa shape index (κ1) is 14.1. The molecule has 3 aromatic heterocycles. The van der Waals surface area contributed by atoms with Crippen LogP contribution < -0.4 is 0 Å². The topological polar surface area (TPSA) is 87.9 Å². The summed E-state index contributed by atoms with van der Waals surface area (Å²) in [6.45, 7) is 0.386. The van der Waals surface area contributed by atoms with Gasteiger partial charge in [-0.05, 0) is 12.1 Å². The highest BCUT2D eigenvalue weighted by Crippen LogP contribution is 2.38. The summed E-state index contributed by atoms with van der Waals surface area (Å²) < 4.78 is 27.8. The largest absolute Gasteiger partial charge is 0.438 e. The summed E-state index contributed by atoms with van der Waals surface area (Å²) in [6.07, 6.45) is 3.09. The number of carbonyl (C=O) groups is 1. The van der Waals surface area contributed by atoms with Crippen LogP contribution in [0.4, 0.5) is 4.39 Å². The SMILES string of the molecule is [2H]c1nc2c([nH]1)CCN(C(=O)c1cnco1)[C@@H]2c1nc2c(F)cccc2s1. The van der Waals surface area contributed by atoms with Crippen LogP contribution in [-0.2, 0) is 6.42 Å². The smallest absolute Gasteiger partial charge is 0.292 e. The van der Waals surface area contributed by atoms with Gasteiger partial charge in [0.25, 0.3) is 5.91 Å². The normalized spacial score (nSPS) is 17.3. The Hall–Kier alpha value is -3.07. The lowest BCUT2D eigenvalue weighted by Crippen LogP contribution is -2.40. The molecular weight excluding hydrogens is 357 g/mol. The van der Waals surface area contributed by atoms with E-state index in [0.29, 0.717) is 28.4 Å². The fourth-order valence-corrected chi connectivity index (χ4v) is 4.29. The van der Waals surface area contributed by atoms with Gasteiger partial charge in [0.1, 0.15) is 23.8 Å². The molecule has 0 saturated heterocycles. The Bertz CT molecular complexity index is 1160. The number of aromatic nitrogens is 4. The Kier molecular flexibility index (Phi) is 3.12. The van der Waals surface area contributed by atoms with Crippen LogP contribution in [0.3, 0.4) is 0 Å². The number of H-pyrrole nitrogens is 1. The van der Waals surface area contributed by atoms with Crippen LogP contribution in [0.15, 0.2) is 41.5 Å². The van der Waals surface area contributed by atoms with Crippen LogP contribution >= 0.6 is 11.3 Å². The van der Waals surface area contributed by atoms with Gasteiger partial charge in [0.05, 0.1) is 22.9 Å². The van der Waals surface area contributed by atoms with Gasteiger partial charge in [-0.2, -0.15) is 0 Å². The maximum atomic E-state index is 14.1. The summed E-state index contributed by atoms with van der Waals surface area (Å²) >= 11 is 1.30. The number of rotatable bonds is 2. The molecule has 0 spiro atoms. The first-order valence-electron chi connectivity index (χ1n) is 8.41. The summed E-state index contributed by atoms with van der Waals surface area (Å²) in [4.78, 5) is 30.0. The molecule has 0 unspecified atom stereocenters. The molecule has 9 heteroatoms. The molecule has 4 aromatic rings. The summed E-state index contributed by atoms with van der Waals surface area (Å²) in [7, 11) is 0. The molecule has 1 amide bonds. The summed E-state index contributed by atoms with van der Waals surface area (Å²) in [5.74, 6) is -0.655. The first-order chi connectivity index (χ1) is 13.1. The van der Waals surface area contributed by atoms with Gasteiger partial charge in [-0.15, -0.1) is 11.3 Å². The number of hydrogen-bond donors (Lipinski definition) is 1. The number of halogens is 1. The molecule has 130 valence electrons. The zero-order valence-electron chi connectivity index (χ0n) is 14.3. The molecule has 0 fully saturated rings. The molecular formula is C17H12FN5O2S. The third-order valence-corrected chi connectivity index (χ3v) is 5.46. The van der Waals surface area contributed by atoms with Crippen molar-refractivity contribution in [3.63, 3.8) is 0 Å². The lowest BCUT2D eigenvalue weighted by atomic mass is 10.0. The van der Waals surface area contributed by atoms with Crippen molar-refractivity contribution in [2.24, 2.45) is 0 Å². The van der Waals surface area contributed by atoms with E-state index in [2.05, 4.69) is 19.9 Å². The molecule has 4 heterocycles. The van der Waals surface area contributed by atoms with Gasteiger partial charge >= 0.3 is 0 Å². The van der Waals surface area contributed by atoms with Crippen LogP contribution in [0, 0.1) is 5.82 Å². The Morgan fingerprint density at radius 2 is 2.42 bits per heavy atom. The maximum absolute atomic E-state index is 14.1. The minimum absolute atomic E-state index is 0.0197. The second-order valence-corrected chi connectivity index (χ2v) is 6.93. The Morgan fingerprint density at radius 3 is 3.23 bits per heavy atom. The molecule has 0 saturated carbocycles. The maximum Gasteiger partial charge on any atom is 0.292 e. The van der Waals surface area contributed by atoms with Crippen molar-refractivity contribution in [2.75, 3.05) is 6.54 Å². The van der Waals surface area contributed by atoms with E-state index in [9.17, 15) is 9.18 Å². The molecule has 1 aliphatic rings. The Balaban J connectivity index is 1.67. The highest BCUT2D eigenvalue weighted by Gasteiger charge is 2.37. The van der Waals surface area contributed by atoms with Crippen molar-refractivity contribution in [2.45, 2.75) is 12.5 Å². The average molecular weight is 370 g/mol. The second-order valence-electron chi connectivity index (χ2n) is 5.87. The van der Waals surface area contributed by atoms with E-state index in [1.54, 1.807) is 17.0 Å². The summed E-state index contributed by atoms with van der Waals surface area (Å²) in [5, 5.41) is 0.537. The number of para-hydroxylation sites is 1. The number of oxazole rings is 1. The predicted molar refractivity (Wildman–Crippen MR) is 91.3 cm³/mol. The van der Waals surface area contributed by atoms with Crippen molar-refractivity contribution in [1.29, 1.82) is 0 Å². The monoisotopic (exact) mass is 370 g/mol. The number of nitrogens with one attached hydrogen (secondary N) is 1. The summed E-state index contributed by atoms with van der Waals surface area (Å²) in [5.41, 5.74) is 1.60. The lowest BCUT2D eigenvalue weighted by Gasteiger charge is -2.33. The van der Waals surface area contributed by atoms with E-state index < -0.39 is 11.9 Å². The predicted octanol–water partition coefficient (Wildman–Crippen LogP) is 2.93. The number of thiazole rings is 1. The molecule has 26 heavy (non-hydrogen) atoms.